The Labute approximate surface area is 605 Å². The van der Waals surface area contributed by atoms with Gasteiger partial charge in [0.15, 0.2) is 0 Å². The summed E-state index contributed by atoms with van der Waals surface area (Å²) in [6.45, 7) is 11.0. The fourth-order valence-electron chi connectivity index (χ4n) is 17.5. The average molecular weight is 1320 g/mol. The van der Waals surface area contributed by atoms with Crippen molar-refractivity contribution in [3.05, 3.63) is 455 Å². The average Bonchev–Trinajstić information content (AvgIpc) is 1.55. The Morgan fingerprint density at radius 1 is 0.184 bits per heavy atom. The summed E-state index contributed by atoms with van der Waals surface area (Å²) in [5.74, 6) is 0. The number of hydrogen-bond acceptors (Lipinski definition) is 0. The normalized spacial score (nSPS) is 12.7. The van der Waals surface area contributed by atoms with Gasteiger partial charge in [-0.25, -0.2) is 0 Å². The van der Waals surface area contributed by atoms with Crippen LogP contribution in [0.15, 0.2) is 382 Å². The molecule has 0 aliphatic heterocycles. The third-order valence-corrected chi connectivity index (χ3v) is 22.0. The smallest absolute Gasteiger partial charge is 0.0622 e. The molecule has 0 atom stereocenters. The van der Waals surface area contributed by atoms with E-state index in [-0.39, 0.29) is 10.8 Å². The molecule has 3 aliphatic rings. The SMILES string of the molecule is Cc1c2ccccc2cc2ccccc12.Cc1ccc2c(c1)C(c1ccccc1)(c1ccccc1)c1ccccc1-2.Cc1ccc2c3c(cccc13)-c1ccccc1-2.Cc1ccc2c3ccccc3c3ccccc3c2c1.Cc1cccc2c1-c1ccccc1C2(c1ccccc1)c1ccccc1. The van der Waals surface area contributed by atoms with Crippen molar-refractivity contribution in [3.8, 4) is 44.5 Å². The van der Waals surface area contributed by atoms with Gasteiger partial charge < -0.3 is 0 Å². The molecular weight excluding hydrogens is 1240 g/mol. The van der Waals surface area contributed by atoms with E-state index in [1.54, 1.807) is 0 Å². The molecule has 0 amide bonds. The molecule has 0 N–H and O–H groups in total. The fourth-order valence-corrected chi connectivity index (χ4v) is 17.5. The van der Waals surface area contributed by atoms with Crippen LogP contribution in [-0.4, -0.2) is 0 Å². The first-order chi connectivity index (χ1) is 50.7. The van der Waals surface area contributed by atoms with Gasteiger partial charge in [0.2, 0.25) is 0 Å². The van der Waals surface area contributed by atoms with E-state index in [1.807, 2.05) is 0 Å². The molecule has 18 aromatic carbocycles. The number of fused-ring (bicyclic) bond motifs is 17. The number of rotatable bonds is 4. The minimum Gasteiger partial charge on any atom is -0.0622 e. The first-order valence-corrected chi connectivity index (χ1v) is 36.1. The first-order valence-electron chi connectivity index (χ1n) is 36.1. The van der Waals surface area contributed by atoms with Gasteiger partial charge in [-0.2, -0.15) is 0 Å². The molecule has 0 saturated heterocycles. The van der Waals surface area contributed by atoms with Crippen LogP contribution in [-0.2, 0) is 10.8 Å². The predicted molar refractivity (Wildman–Crippen MR) is 440 cm³/mol. The van der Waals surface area contributed by atoms with Crippen molar-refractivity contribution in [1.29, 1.82) is 0 Å². The summed E-state index contributed by atoms with van der Waals surface area (Å²) in [4.78, 5) is 0. The zero-order chi connectivity index (χ0) is 69.6. The van der Waals surface area contributed by atoms with Crippen LogP contribution in [0.5, 0.6) is 0 Å². The highest BCUT2D eigenvalue weighted by Gasteiger charge is 2.47. The van der Waals surface area contributed by atoms with E-state index in [4.69, 9.17) is 0 Å². The molecule has 0 bridgehead atoms. The standard InChI is InChI=1S/2C26H20.C19H14.C17H12.C15H12/c1-19-11-10-18-24-25(19)22-16-8-9-17-23(22)26(24,20-12-4-2-5-13-20)21-14-6-3-7-15-21;1-19-16-17-23-22-14-8-9-15-24(22)26(25(23)18-19,20-10-4-2-5-11-20)21-12-6-3-7-13-21;1-13-10-11-18-16-8-3-2-6-14(16)15-7-4-5-9-17(15)19(18)12-13;1-11-9-10-16-14-6-3-2-5-13(14)15-8-4-7-12(11)17(15)16;1-11-14-8-4-2-6-12(14)10-13-7-3-5-9-15(11)13/h2*2-18H,1H3;2-12H,1H3;2-10H,1H3;2-10H,1H3. The van der Waals surface area contributed by atoms with Gasteiger partial charge >= 0.3 is 0 Å². The molecule has 3 aliphatic carbocycles. The largest absolute Gasteiger partial charge is 0.0713 e. The lowest BCUT2D eigenvalue weighted by Gasteiger charge is -2.34. The highest BCUT2D eigenvalue weighted by atomic mass is 14.5. The summed E-state index contributed by atoms with van der Waals surface area (Å²) in [5, 5.41) is 16.3. The van der Waals surface area contributed by atoms with Gasteiger partial charge in [0.25, 0.3) is 0 Å². The van der Waals surface area contributed by atoms with Crippen molar-refractivity contribution in [1.82, 2.24) is 0 Å². The van der Waals surface area contributed by atoms with E-state index >= 15 is 0 Å². The molecule has 0 nitrogen and oxygen atoms in total. The third-order valence-electron chi connectivity index (χ3n) is 22.0. The number of hydrogen-bond donors (Lipinski definition) is 0. The first kappa shape index (κ1) is 63.9. The second kappa shape index (κ2) is 26.9. The van der Waals surface area contributed by atoms with Crippen molar-refractivity contribution in [2.45, 2.75) is 45.4 Å². The highest BCUT2D eigenvalue weighted by Crippen LogP contribution is 2.58. The predicted octanol–water partition coefficient (Wildman–Crippen LogP) is 27.3. The maximum absolute atomic E-state index is 2.37. The Kier molecular flexibility index (Phi) is 16.7. The van der Waals surface area contributed by atoms with E-state index in [0.29, 0.717) is 0 Å². The van der Waals surface area contributed by atoms with Crippen molar-refractivity contribution < 1.29 is 0 Å². The topological polar surface area (TPSA) is 0 Å². The highest BCUT2D eigenvalue weighted by molar-refractivity contribution is 6.25. The van der Waals surface area contributed by atoms with Gasteiger partial charge in [-0.3, -0.25) is 0 Å². The Morgan fingerprint density at radius 2 is 0.534 bits per heavy atom. The Bertz CT molecular complexity index is 5940. The van der Waals surface area contributed by atoms with E-state index in [9.17, 15) is 0 Å². The van der Waals surface area contributed by atoms with Crippen LogP contribution in [0.4, 0.5) is 0 Å². The van der Waals surface area contributed by atoms with E-state index in [1.165, 1.54) is 181 Å². The second-order valence-corrected chi connectivity index (χ2v) is 27.9. The molecule has 490 valence electrons. The summed E-state index contributed by atoms with van der Waals surface area (Å²) in [7, 11) is 0. The molecule has 21 rings (SSSR count). The second-order valence-electron chi connectivity index (χ2n) is 27.9. The lowest BCUT2D eigenvalue weighted by molar-refractivity contribution is 0.767. The number of benzene rings is 18. The maximum atomic E-state index is 2.37. The summed E-state index contributed by atoms with van der Waals surface area (Å²) < 4.78 is 0. The van der Waals surface area contributed by atoms with Crippen molar-refractivity contribution >= 4 is 64.6 Å². The van der Waals surface area contributed by atoms with E-state index < -0.39 is 0 Å². The lowest BCUT2D eigenvalue weighted by atomic mass is 9.67. The quantitative estimate of drug-likeness (QED) is 0.122. The van der Waals surface area contributed by atoms with Gasteiger partial charge in [-0.15, -0.1) is 0 Å². The van der Waals surface area contributed by atoms with Crippen LogP contribution in [0.2, 0.25) is 0 Å². The van der Waals surface area contributed by atoms with Gasteiger partial charge in [-0.05, 0) is 211 Å². The molecule has 0 fully saturated rings. The Balaban J connectivity index is 0.0000000970. The van der Waals surface area contributed by atoms with Crippen LogP contribution < -0.4 is 0 Å². The van der Waals surface area contributed by atoms with E-state index in [0.717, 1.165) is 0 Å². The molecule has 0 unspecified atom stereocenters. The van der Waals surface area contributed by atoms with Crippen LogP contribution in [0, 0.1) is 34.6 Å². The molecule has 0 heterocycles. The monoisotopic (exact) mass is 1310 g/mol. The van der Waals surface area contributed by atoms with Gasteiger partial charge in [0, 0.05) is 0 Å². The summed E-state index contributed by atoms with van der Waals surface area (Å²) in [5.41, 5.74) is 27.9. The molecule has 103 heavy (non-hydrogen) atoms. The molecule has 0 heteroatoms. The zero-order valence-electron chi connectivity index (χ0n) is 58.9. The van der Waals surface area contributed by atoms with E-state index in [2.05, 4.69) is 417 Å². The minimum absolute atomic E-state index is 0.263. The van der Waals surface area contributed by atoms with Crippen molar-refractivity contribution in [2.75, 3.05) is 0 Å². The Hall–Kier alpha value is -12.5. The molecule has 0 radical (unpaired) electrons. The molecular formula is C103H78. The van der Waals surface area contributed by atoms with Gasteiger partial charge in [-0.1, -0.05) is 387 Å². The molecule has 0 aromatic heterocycles. The Morgan fingerprint density at radius 3 is 1.08 bits per heavy atom. The molecule has 18 aromatic rings. The fraction of sp³-hybridized carbons (Fsp3) is 0.0680. The maximum Gasteiger partial charge on any atom is 0.0713 e. The van der Waals surface area contributed by atoms with Gasteiger partial charge in [0.1, 0.15) is 0 Å². The van der Waals surface area contributed by atoms with Crippen LogP contribution in [0.25, 0.3) is 109 Å². The van der Waals surface area contributed by atoms with Gasteiger partial charge in [0.05, 0.1) is 10.8 Å². The summed E-state index contributed by atoms with van der Waals surface area (Å²) in [6, 6.07) is 138. The molecule has 0 spiro atoms. The minimum atomic E-state index is -0.263. The summed E-state index contributed by atoms with van der Waals surface area (Å²) >= 11 is 0. The zero-order valence-corrected chi connectivity index (χ0v) is 58.9. The lowest BCUT2D eigenvalue weighted by Crippen LogP contribution is -2.28. The number of aryl methyl sites for hydroxylation is 5. The third kappa shape index (κ3) is 10.8. The van der Waals surface area contributed by atoms with Crippen LogP contribution >= 0.6 is 0 Å². The summed E-state index contributed by atoms with van der Waals surface area (Å²) in [6.07, 6.45) is 0. The van der Waals surface area contributed by atoms with Crippen LogP contribution in [0.3, 0.4) is 0 Å². The van der Waals surface area contributed by atoms with Crippen LogP contribution in [0.1, 0.15) is 72.3 Å². The van der Waals surface area contributed by atoms with Crippen molar-refractivity contribution in [2.24, 2.45) is 0 Å². The molecule has 0 saturated carbocycles. The van der Waals surface area contributed by atoms with Crippen molar-refractivity contribution in [3.63, 3.8) is 0 Å².